The Morgan fingerprint density at radius 1 is 0.846 bits per heavy atom. The third kappa shape index (κ3) is 1.82. The molecule has 66 valence electrons. The van der Waals surface area contributed by atoms with Gasteiger partial charge in [-0.15, -0.1) is 0 Å². The molecular formula is C10H11N3. The number of hydrogen-bond donors (Lipinski definition) is 3. The van der Waals surface area contributed by atoms with Crippen LogP contribution >= 0.6 is 0 Å². The standard InChI is InChI=1S/C10H11N3/c1-2-6-10-9(5-1)11-7-3-4-8-12-13-10/h1-8,11-13H/b7-3-,8-4-. The van der Waals surface area contributed by atoms with Crippen LogP contribution in [0.15, 0.2) is 48.8 Å². The predicted octanol–water partition coefficient (Wildman–Crippen LogP) is 2.06. The molecule has 0 aliphatic carbocycles. The molecule has 0 amide bonds. The number of nitrogens with one attached hydrogen (secondary N) is 3. The number of hydrogen-bond acceptors (Lipinski definition) is 3. The fourth-order valence-corrected chi connectivity index (χ4v) is 1.13. The monoisotopic (exact) mass is 173 g/mol. The molecule has 3 N–H and O–H groups in total. The molecular weight excluding hydrogens is 162 g/mol. The third-order valence-corrected chi connectivity index (χ3v) is 1.76. The molecule has 0 saturated carbocycles. The maximum atomic E-state index is 3.17. The van der Waals surface area contributed by atoms with Gasteiger partial charge in [-0.25, -0.2) is 0 Å². The minimum Gasteiger partial charge on any atom is -0.360 e. The van der Waals surface area contributed by atoms with Gasteiger partial charge in [0.05, 0.1) is 11.4 Å². The fraction of sp³-hybridized carbons (Fsp3) is 0. The van der Waals surface area contributed by atoms with Gasteiger partial charge in [-0.2, -0.15) is 0 Å². The van der Waals surface area contributed by atoms with E-state index in [0.717, 1.165) is 11.4 Å². The van der Waals surface area contributed by atoms with Gasteiger partial charge < -0.3 is 10.7 Å². The minimum atomic E-state index is 1.03. The number of para-hydroxylation sites is 2. The summed E-state index contributed by atoms with van der Waals surface area (Å²) in [5.41, 5.74) is 8.10. The quantitative estimate of drug-likeness (QED) is 0.562. The number of allylic oxidation sites excluding steroid dienone is 2. The Hall–Kier alpha value is -1.90. The van der Waals surface area contributed by atoms with Gasteiger partial charge >= 0.3 is 0 Å². The van der Waals surface area contributed by atoms with Crippen LogP contribution in [0.2, 0.25) is 0 Å². The van der Waals surface area contributed by atoms with E-state index in [2.05, 4.69) is 16.2 Å². The Kier molecular flexibility index (Phi) is 2.18. The van der Waals surface area contributed by atoms with Crippen molar-refractivity contribution in [2.24, 2.45) is 0 Å². The van der Waals surface area contributed by atoms with Crippen LogP contribution in [0.25, 0.3) is 0 Å². The first kappa shape index (κ1) is 7.73. The van der Waals surface area contributed by atoms with Crippen molar-refractivity contribution in [1.29, 1.82) is 0 Å². The summed E-state index contributed by atoms with van der Waals surface area (Å²) in [6.07, 6.45) is 7.56. The van der Waals surface area contributed by atoms with Crippen molar-refractivity contribution in [3.05, 3.63) is 48.8 Å². The Labute approximate surface area is 77.1 Å². The molecule has 0 fully saturated rings. The third-order valence-electron chi connectivity index (χ3n) is 1.76. The second kappa shape index (κ2) is 3.67. The smallest absolute Gasteiger partial charge is 0.0774 e. The molecule has 1 aliphatic rings. The molecule has 1 heterocycles. The van der Waals surface area contributed by atoms with Crippen molar-refractivity contribution in [2.45, 2.75) is 0 Å². The number of rotatable bonds is 0. The lowest BCUT2D eigenvalue weighted by molar-refractivity contribution is 1.06. The first-order chi connectivity index (χ1) is 6.47. The zero-order chi connectivity index (χ0) is 8.93. The molecule has 1 aromatic rings. The molecule has 1 aromatic carbocycles. The zero-order valence-corrected chi connectivity index (χ0v) is 7.12. The van der Waals surface area contributed by atoms with Gasteiger partial charge in [-0.3, -0.25) is 5.43 Å². The molecule has 0 aromatic heterocycles. The van der Waals surface area contributed by atoms with Crippen LogP contribution in [0.1, 0.15) is 0 Å². The van der Waals surface area contributed by atoms with Crippen molar-refractivity contribution in [2.75, 3.05) is 10.7 Å². The maximum Gasteiger partial charge on any atom is 0.0774 e. The first-order valence-corrected chi connectivity index (χ1v) is 4.15. The highest BCUT2D eigenvalue weighted by Gasteiger charge is 1.97. The van der Waals surface area contributed by atoms with Crippen LogP contribution in [0.4, 0.5) is 11.4 Å². The Bertz CT molecular complexity index is 342. The lowest BCUT2D eigenvalue weighted by Gasteiger charge is -2.09. The highest BCUT2D eigenvalue weighted by molar-refractivity contribution is 5.69. The van der Waals surface area contributed by atoms with Crippen molar-refractivity contribution in [1.82, 2.24) is 5.43 Å². The van der Waals surface area contributed by atoms with E-state index >= 15 is 0 Å². The molecule has 1 aliphatic heterocycles. The molecule has 13 heavy (non-hydrogen) atoms. The molecule has 2 rings (SSSR count). The molecule has 0 radical (unpaired) electrons. The topological polar surface area (TPSA) is 36.1 Å². The Balaban J connectivity index is 2.31. The molecule has 3 nitrogen and oxygen atoms in total. The van der Waals surface area contributed by atoms with Gasteiger partial charge in [0.15, 0.2) is 0 Å². The summed E-state index contributed by atoms with van der Waals surface area (Å²) in [4.78, 5) is 0. The molecule has 0 saturated heterocycles. The van der Waals surface area contributed by atoms with Crippen LogP contribution in [-0.2, 0) is 0 Å². The maximum absolute atomic E-state index is 3.17. The van der Waals surface area contributed by atoms with Crippen LogP contribution in [0, 0.1) is 0 Å². The number of hydrazine groups is 1. The van der Waals surface area contributed by atoms with Crippen molar-refractivity contribution < 1.29 is 0 Å². The number of anilines is 2. The normalized spacial score (nSPS) is 18.8. The average molecular weight is 173 g/mol. The van der Waals surface area contributed by atoms with Crippen molar-refractivity contribution >= 4 is 11.4 Å². The average Bonchev–Trinajstić information content (AvgIpc) is 2.28. The molecule has 0 atom stereocenters. The lowest BCUT2D eigenvalue weighted by atomic mass is 10.3. The first-order valence-electron chi connectivity index (χ1n) is 4.15. The lowest BCUT2D eigenvalue weighted by Crippen LogP contribution is -2.14. The van der Waals surface area contributed by atoms with Gasteiger partial charge in [0.1, 0.15) is 0 Å². The summed E-state index contributed by atoms with van der Waals surface area (Å²) in [5.74, 6) is 0. The van der Waals surface area contributed by atoms with Gasteiger partial charge in [0.25, 0.3) is 0 Å². The Morgan fingerprint density at radius 3 is 2.54 bits per heavy atom. The van der Waals surface area contributed by atoms with E-state index in [1.54, 1.807) is 0 Å². The highest BCUT2D eigenvalue weighted by atomic mass is 15.3. The van der Waals surface area contributed by atoms with E-state index in [1.165, 1.54) is 0 Å². The summed E-state index contributed by atoms with van der Waals surface area (Å²) >= 11 is 0. The Morgan fingerprint density at radius 2 is 1.62 bits per heavy atom. The van der Waals surface area contributed by atoms with Crippen molar-refractivity contribution in [3.63, 3.8) is 0 Å². The van der Waals surface area contributed by atoms with Gasteiger partial charge in [0, 0.05) is 12.4 Å². The second-order valence-electron chi connectivity index (χ2n) is 2.68. The predicted molar refractivity (Wildman–Crippen MR) is 55.1 cm³/mol. The summed E-state index contributed by atoms with van der Waals surface area (Å²) in [5, 5.41) is 3.17. The van der Waals surface area contributed by atoms with Gasteiger partial charge in [0.2, 0.25) is 0 Å². The van der Waals surface area contributed by atoms with Gasteiger partial charge in [-0.1, -0.05) is 12.1 Å². The van der Waals surface area contributed by atoms with E-state index in [-0.39, 0.29) is 0 Å². The van der Waals surface area contributed by atoms with E-state index in [9.17, 15) is 0 Å². The summed E-state index contributed by atoms with van der Waals surface area (Å²) in [6, 6.07) is 8.00. The van der Waals surface area contributed by atoms with Crippen LogP contribution < -0.4 is 16.2 Å². The van der Waals surface area contributed by atoms with Gasteiger partial charge in [-0.05, 0) is 24.3 Å². The summed E-state index contributed by atoms with van der Waals surface area (Å²) in [6.45, 7) is 0. The number of fused-ring (bicyclic) bond motifs is 1. The van der Waals surface area contributed by atoms with Crippen LogP contribution in [0.3, 0.4) is 0 Å². The molecule has 3 heteroatoms. The highest BCUT2D eigenvalue weighted by Crippen LogP contribution is 2.20. The number of benzene rings is 1. The SMILES string of the molecule is C1=C\NNc2ccccc2N\C=C/1. The van der Waals surface area contributed by atoms with E-state index < -0.39 is 0 Å². The zero-order valence-electron chi connectivity index (χ0n) is 7.12. The molecule has 0 unspecified atom stereocenters. The second-order valence-corrected chi connectivity index (χ2v) is 2.68. The van der Waals surface area contributed by atoms with Crippen LogP contribution in [-0.4, -0.2) is 0 Å². The van der Waals surface area contributed by atoms with E-state index in [4.69, 9.17) is 0 Å². The molecule has 0 spiro atoms. The summed E-state index contributed by atoms with van der Waals surface area (Å²) in [7, 11) is 0. The summed E-state index contributed by atoms with van der Waals surface area (Å²) < 4.78 is 0. The molecule has 0 bridgehead atoms. The van der Waals surface area contributed by atoms with E-state index in [1.807, 2.05) is 48.8 Å². The van der Waals surface area contributed by atoms with Crippen molar-refractivity contribution in [3.8, 4) is 0 Å². The largest absolute Gasteiger partial charge is 0.360 e. The minimum absolute atomic E-state index is 1.03. The van der Waals surface area contributed by atoms with Crippen LogP contribution in [0.5, 0.6) is 0 Å². The fourth-order valence-electron chi connectivity index (χ4n) is 1.13. The van der Waals surface area contributed by atoms with E-state index in [0.29, 0.717) is 0 Å².